The topological polar surface area (TPSA) is 168 Å². The molecule has 8 N–H and O–H groups in total. The van der Waals surface area contributed by atoms with Gasteiger partial charge in [0.05, 0.1) is 0 Å². The SMILES string of the molecule is Nc1ccc(Nc2ccc(NC(=O)c3ccc4c(c3)C(=O)c3ccc(C(=O)Nc5ccc(Nc6ccc(N)cc6)cc5)cc3C4=O)cc2)cc1. The van der Waals surface area contributed by atoms with E-state index in [2.05, 4.69) is 21.3 Å². The number of nitrogens with one attached hydrogen (secondary N) is 4. The van der Waals surface area contributed by atoms with Crippen LogP contribution < -0.4 is 32.7 Å². The maximum atomic E-state index is 13.5. The van der Waals surface area contributed by atoms with Crippen LogP contribution in [-0.4, -0.2) is 23.4 Å². The van der Waals surface area contributed by atoms with Crippen molar-refractivity contribution in [2.75, 3.05) is 32.7 Å². The number of amides is 2. The highest BCUT2D eigenvalue weighted by Crippen LogP contribution is 2.30. The normalized spacial score (nSPS) is 11.6. The molecule has 0 saturated heterocycles. The van der Waals surface area contributed by atoms with Gasteiger partial charge in [-0.15, -0.1) is 0 Å². The molecule has 0 aromatic heterocycles. The summed E-state index contributed by atoms with van der Waals surface area (Å²) in [5.41, 5.74) is 18.4. The summed E-state index contributed by atoms with van der Waals surface area (Å²) in [6.07, 6.45) is 0. The number of anilines is 8. The lowest BCUT2D eigenvalue weighted by molar-refractivity contribution is 0.0976. The molecule has 6 aromatic rings. The average Bonchev–Trinajstić information content (AvgIpc) is 3.13. The van der Waals surface area contributed by atoms with Crippen LogP contribution in [0, 0.1) is 0 Å². The van der Waals surface area contributed by atoms with E-state index >= 15 is 0 Å². The van der Waals surface area contributed by atoms with Crippen molar-refractivity contribution in [1.29, 1.82) is 0 Å². The number of benzene rings is 6. The molecular weight excluding hydrogens is 628 g/mol. The minimum atomic E-state index is -0.431. The predicted molar refractivity (Wildman–Crippen MR) is 197 cm³/mol. The van der Waals surface area contributed by atoms with Crippen LogP contribution in [-0.2, 0) is 0 Å². The second kappa shape index (κ2) is 13.1. The predicted octanol–water partition coefficient (Wildman–Crippen LogP) is 7.62. The zero-order valence-corrected chi connectivity index (χ0v) is 26.5. The number of fused-ring (bicyclic) bond motifs is 2. The van der Waals surface area contributed by atoms with Crippen molar-refractivity contribution in [1.82, 2.24) is 0 Å². The molecule has 7 rings (SSSR count). The first kappa shape index (κ1) is 31.4. The van der Waals surface area contributed by atoms with Crippen LogP contribution in [0.2, 0.25) is 0 Å². The van der Waals surface area contributed by atoms with Crippen LogP contribution in [0.25, 0.3) is 0 Å². The van der Waals surface area contributed by atoms with E-state index in [0.29, 0.717) is 22.7 Å². The summed E-state index contributed by atoms with van der Waals surface area (Å²) in [5.74, 6) is -1.67. The summed E-state index contributed by atoms with van der Waals surface area (Å²) in [7, 11) is 0. The van der Waals surface area contributed by atoms with Gasteiger partial charge in [-0.25, -0.2) is 0 Å². The molecule has 0 radical (unpaired) electrons. The van der Waals surface area contributed by atoms with E-state index in [-0.39, 0.29) is 33.4 Å². The Hall–Kier alpha value is -7.20. The average molecular weight is 659 g/mol. The molecule has 2 amide bonds. The smallest absolute Gasteiger partial charge is 0.255 e. The van der Waals surface area contributed by atoms with Gasteiger partial charge in [0, 0.05) is 78.9 Å². The summed E-state index contributed by atoms with van der Waals surface area (Å²) < 4.78 is 0. The van der Waals surface area contributed by atoms with Gasteiger partial charge in [-0.05, 0) is 133 Å². The van der Waals surface area contributed by atoms with Crippen LogP contribution in [0.3, 0.4) is 0 Å². The highest BCUT2D eigenvalue weighted by Gasteiger charge is 2.31. The molecule has 1 aliphatic carbocycles. The Bertz CT molecular complexity index is 2120. The molecule has 6 aromatic carbocycles. The molecule has 10 heteroatoms. The number of ketones is 2. The fourth-order valence-electron chi connectivity index (χ4n) is 5.58. The first-order valence-electron chi connectivity index (χ1n) is 15.7. The van der Waals surface area contributed by atoms with Crippen molar-refractivity contribution in [2.45, 2.75) is 0 Å². The molecule has 10 nitrogen and oxygen atoms in total. The minimum Gasteiger partial charge on any atom is -0.399 e. The van der Waals surface area contributed by atoms with E-state index in [4.69, 9.17) is 11.5 Å². The second-order valence-corrected chi connectivity index (χ2v) is 11.7. The van der Waals surface area contributed by atoms with E-state index in [0.717, 1.165) is 22.7 Å². The Morgan fingerprint density at radius 3 is 1.02 bits per heavy atom. The van der Waals surface area contributed by atoms with E-state index in [1.165, 1.54) is 36.4 Å². The first-order valence-corrected chi connectivity index (χ1v) is 15.7. The lowest BCUT2D eigenvalue weighted by atomic mass is 9.82. The third-order valence-corrected chi connectivity index (χ3v) is 8.23. The van der Waals surface area contributed by atoms with Gasteiger partial charge in [0.1, 0.15) is 0 Å². The Kier molecular flexibility index (Phi) is 8.25. The molecule has 0 fully saturated rings. The molecule has 0 spiro atoms. The maximum Gasteiger partial charge on any atom is 0.255 e. The fraction of sp³-hybridized carbons (Fsp3) is 0. The van der Waals surface area contributed by atoms with Crippen molar-refractivity contribution in [3.05, 3.63) is 167 Å². The number of nitrogens with two attached hydrogens (primary N) is 2. The first-order chi connectivity index (χ1) is 24.2. The number of carbonyl (C=O) groups is 4. The van der Waals surface area contributed by atoms with Gasteiger partial charge in [0.25, 0.3) is 11.8 Å². The molecule has 1 aliphatic rings. The largest absolute Gasteiger partial charge is 0.399 e. The highest BCUT2D eigenvalue weighted by atomic mass is 16.2. The van der Waals surface area contributed by atoms with Gasteiger partial charge in [0.15, 0.2) is 11.6 Å². The fourth-order valence-corrected chi connectivity index (χ4v) is 5.58. The van der Waals surface area contributed by atoms with Crippen LogP contribution >= 0.6 is 0 Å². The number of carbonyl (C=O) groups excluding carboxylic acids is 4. The van der Waals surface area contributed by atoms with Crippen LogP contribution in [0.1, 0.15) is 52.6 Å². The van der Waals surface area contributed by atoms with Crippen molar-refractivity contribution in [3.63, 3.8) is 0 Å². The number of hydrogen-bond donors (Lipinski definition) is 6. The summed E-state index contributed by atoms with van der Waals surface area (Å²) in [6, 6.07) is 37.8. The van der Waals surface area contributed by atoms with Gasteiger partial charge in [-0.3, -0.25) is 19.2 Å². The lowest BCUT2D eigenvalue weighted by Gasteiger charge is -2.19. The van der Waals surface area contributed by atoms with Crippen molar-refractivity contribution in [3.8, 4) is 0 Å². The number of rotatable bonds is 8. The Morgan fingerprint density at radius 2 is 0.680 bits per heavy atom. The van der Waals surface area contributed by atoms with Gasteiger partial charge in [-0.2, -0.15) is 0 Å². The third-order valence-electron chi connectivity index (χ3n) is 8.23. The van der Waals surface area contributed by atoms with Crippen LogP contribution in [0.4, 0.5) is 45.5 Å². The monoisotopic (exact) mass is 658 g/mol. The minimum absolute atomic E-state index is 0.128. The van der Waals surface area contributed by atoms with Gasteiger partial charge in [-0.1, -0.05) is 0 Å². The quantitative estimate of drug-likeness (QED) is 0.0907. The lowest BCUT2D eigenvalue weighted by Crippen LogP contribution is -2.23. The molecule has 0 atom stereocenters. The highest BCUT2D eigenvalue weighted by molar-refractivity contribution is 6.29. The van der Waals surface area contributed by atoms with E-state index < -0.39 is 23.4 Å². The zero-order chi connectivity index (χ0) is 34.8. The summed E-state index contributed by atoms with van der Waals surface area (Å²) in [4.78, 5) is 53.3. The van der Waals surface area contributed by atoms with Crippen LogP contribution in [0.15, 0.2) is 133 Å². The Labute approximate surface area is 287 Å². The molecule has 50 heavy (non-hydrogen) atoms. The van der Waals surface area contributed by atoms with Crippen molar-refractivity contribution < 1.29 is 19.2 Å². The summed E-state index contributed by atoms with van der Waals surface area (Å²) in [5, 5.41) is 12.2. The summed E-state index contributed by atoms with van der Waals surface area (Å²) >= 11 is 0. The van der Waals surface area contributed by atoms with Crippen LogP contribution in [0.5, 0.6) is 0 Å². The summed E-state index contributed by atoms with van der Waals surface area (Å²) in [6.45, 7) is 0. The standard InChI is InChI=1S/C40H30N6O4/c41-25-3-7-27(8-4-25)43-29-11-15-31(16-12-29)45-39(49)23-1-19-33-35(21-23)38(48)34-20-2-24(22-36(34)37(33)47)40(50)46-32-17-13-30(14-18-32)44-28-9-5-26(42)6-10-28/h1-22,43-44H,41-42H2,(H,45,49)(H,46,50). The second-order valence-electron chi connectivity index (χ2n) is 11.7. The zero-order valence-electron chi connectivity index (χ0n) is 26.5. The van der Waals surface area contributed by atoms with Gasteiger partial charge in [0.2, 0.25) is 0 Å². The maximum absolute atomic E-state index is 13.5. The van der Waals surface area contributed by atoms with E-state index in [1.54, 1.807) is 48.5 Å². The van der Waals surface area contributed by atoms with E-state index in [1.807, 2.05) is 48.5 Å². The Balaban J connectivity index is 1.01. The molecule has 0 unspecified atom stereocenters. The van der Waals surface area contributed by atoms with Crippen molar-refractivity contribution in [2.24, 2.45) is 0 Å². The molecule has 0 bridgehead atoms. The van der Waals surface area contributed by atoms with Gasteiger partial charge < -0.3 is 32.7 Å². The van der Waals surface area contributed by atoms with Crippen molar-refractivity contribution >= 4 is 68.9 Å². The van der Waals surface area contributed by atoms with E-state index in [9.17, 15) is 19.2 Å². The molecule has 0 saturated carbocycles. The molecule has 244 valence electrons. The third kappa shape index (κ3) is 6.62. The molecule has 0 heterocycles. The Morgan fingerprint density at radius 1 is 0.380 bits per heavy atom. The molecule has 0 aliphatic heterocycles. The number of hydrogen-bond acceptors (Lipinski definition) is 8. The number of nitrogen functional groups attached to an aromatic ring is 2. The molecular formula is C40H30N6O4. The van der Waals surface area contributed by atoms with Gasteiger partial charge >= 0.3 is 0 Å².